The number of carbonyl (C=O) groups excluding carboxylic acids is 1. The molecule has 0 aromatic heterocycles. The highest BCUT2D eigenvalue weighted by molar-refractivity contribution is 7.47. The lowest BCUT2D eigenvalue weighted by Gasteiger charge is -2.24. The summed E-state index contributed by atoms with van der Waals surface area (Å²) in [4.78, 5) is 23.0. The molecular formula is C50H101NO7P+. The topological polar surface area (TPSA) is 91.3 Å². The number of likely N-dealkylation sites (N-methyl/N-ethyl adjacent to an activating group) is 1. The third-order valence-corrected chi connectivity index (χ3v) is 12.3. The van der Waals surface area contributed by atoms with Crippen molar-refractivity contribution in [3.05, 3.63) is 12.2 Å². The van der Waals surface area contributed by atoms with Crippen LogP contribution in [0.5, 0.6) is 0 Å². The molecule has 8 nitrogen and oxygen atoms in total. The van der Waals surface area contributed by atoms with Gasteiger partial charge in [0.05, 0.1) is 34.4 Å². The highest BCUT2D eigenvalue weighted by atomic mass is 31.2. The number of carbonyl (C=O) groups is 1. The molecule has 0 radical (unpaired) electrons. The van der Waals surface area contributed by atoms with E-state index < -0.39 is 13.9 Å². The van der Waals surface area contributed by atoms with E-state index in [0.29, 0.717) is 24.1 Å². The van der Waals surface area contributed by atoms with E-state index in [9.17, 15) is 14.3 Å². The maximum Gasteiger partial charge on any atom is 0.472 e. The summed E-state index contributed by atoms with van der Waals surface area (Å²) in [5.41, 5.74) is 0. The van der Waals surface area contributed by atoms with Crippen LogP contribution in [-0.4, -0.2) is 75.6 Å². The average Bonchev–Trinajstić information content (AvgIpc) is 3.19. The Labute approximate surface area is 367 Å². The summed E-state index contributed by atoms with van der Waals surface area (Å²) in [5.74, 6) is -0.310. The number of unbranched alkanes of at least 4 members (excludes halogenated alkanes) is 32. The molecule has 0 saturated carbocycles. The van der Waals surface area contributed by atoms with Crippen molar-refractivity contribution in [2.75, 3.05) is 54.1 Å². The van der Waals surface area contributed by atoms with E-state index in [-0.39, 0.29) is 25.8 Å². The van der Waals surface area contributed by atoms with Crippen LogP contribution in [-0.2, 0) is 27.9 Å². The average molecular weight is 859 g/mol. The lowest BCUT2D eigenvalue weighted by Crippen LogP contribution is -2.37. The molecule has 2 unspecified atom stereocenters. The number of phosphoric acid groups is 1. The summed E-state index contributed by atoms with van der Waals surface area (Å²) >= 11 is 0. The maximum atomic E-state index is 12.7. The van der Waals surface area contributed by atoms with Crippen LogP contribution in [0.4, 0.5) is 0 Å². The third kappa shape index (κ3) is 48.1. The third-order valence-electron chi connectivity index (χ3n) is 11.3. The van der Waals surface area contributed by atoms with Gasteiger partial charge in [0.2, 0.25) is 0 Å². The van der Waals surface area contributed by atoms with Gasteiger partial charge in [-0.2, -0.15) is 0 Å². The van der Waals surface area contributed by atoms with Gasteiger partial charge < -0.3 is 18.9 Å². The number of ether oxygens (including phenoxy) is 2. The number of nitrogens with zero attached hydrogens (tertiary/aromatic N) is 1. The minimum Gasteiger partial charge on any atom is -0.457 e. The SMILES string of the molecule is CCCCCCCC/C=C\CCCCCCCCCCCC(=O)OC(COCCCCCCCCCCCCCCCCCCCC)COP(=O)(O)OCC[N+](C)(C)C. The van der Waals surface area contributed by atoms with Crippen LogP contribution in [0.15, 0.2) is 12.2 Å². The van der Waals surface area contributed by atoms with Gasteiger partial charge in [-0.3, -0.25) is 13.8 Å². The highest BCUT2D eigenvalue weighted by Crippen LogP contribution is 2.43. The zero-order valence-corrected chi connectivity index (χ0v) is 40.9. The largest absolute Gasteiger partial charge is 0.472 e. The van der Waals surface area contributed by atoms with Crippen molar-refractivity contribution >= 4 is 13.8 Å². The van der Waals surface area contributed by atoms with Crippen molar-refractivity contribution in [1.29, 1.82) is 0 Å². The number of allylic oxidation sites excluding steroid dienone is 2. The fourth-order valence-electron chi connectivity index (χ4n) is 7.37. The number of rotatable bonds is 48. The first-order valence-corrected chi connectivity index (χ1v) is 26.9. The zero-order chi connectivity index (χ0) is 43.4. The van der Waals surface area contributed by atoms with Crippen LogP contribution < -0.4 is 0 Å². The van der Waals surface area contributed by atoms with Gasteiger partial charge in [-0.15, -0.1) is 0 Å². The molecule has 0 aliphatic heterocycles. The summed E-state index contributed by atoms with van der Waals surface area (Å²) in [5, 5.41) is 0. The summed E-state index contributed by atoms with van der Waals surface area (Å²) in [6.45, 7) is 5.68. The molecule has 0 rings (SSSR count). The molecule has 0 aliphatic rings. The number of hydrogen-bond acceptors (Lipinski definition) is 6. The molecule has 0 spiro atoms. The lowest BCUT2D eigenvalue weighted by molar-refractivity contribution is -0.870. The van der Waals surface area contributed by atoms with Crippen molar-refractivity contribution in [3.63, 3.8) is 0 Å². The molecule has 0 amide bonds. The number of esters is 1. The van der Waals surface area contributed by atoms with Gasteiger partial charge in [-0.05, 0) is 38.5 Å². The number of hydrogen-bond donors (Lipinski definition) is 1. The second-order valence-corrected chi connectivity index (χ2v) is 20.0. The van der Waals surface area contributed by atoms with Gasteiger partial charge in [0, 0.05) is 13.0 Å². The standard InChI is InChI=1S/C50H100NO7P/c1-6-8-10-12-14-16-18-20-22-24-26-27-29-31-33-35-37-39-41-43-50(52)58-49(48-57-59(53,54)56-46-44-51(3,4)5)47-55-45-42-40-38-36-34-32-30-28-25-23-21-19-17-15-13-11-9-7-2/h20,22,49H,6-19,21,23-48H2,1-5H3/p+1/b22-20-. The Bertz CT molecular complexity index is 956. The van der Waals surface area contributed by atoms with Gasteiger partial charge in [0.15, 0.2) is 0 Å². The van der Waals surface area contributed by atoms with Crippen molar-refractivity contribution in [2.24, 2.45) is 0 Å². The highest BCUT2D eigenvalue weighted by Gasteiger charge is 2.26. The quantitative estimate of drug-likeness (QED) is 0.0214. The van der Waals surface area contributed by atoms with Crippen molar-refractivity contribution < 1.29 is 37.3 Å². The smallest absolute Gasteiger partial charge is 0.457 e. The Morgan fingerprint density at radius 3 is 1.29 bits per heavy atom. The van der Waals surface area contributed by atoms with Crippen molar-refractivity contribution in [3.8, 4) is 0 Å². The normalized spacial score (nSPS) is 13.7. The van der Waals surface area contributed by atoms with Gasteiger partial charge >= 0.3 is 13.8 Å². The maximum absolute atomic E-state index is 12.7. The Morgan fingerprint density at radius 1 is 0.508 bits per heavy atom. The van der Waals surface area contributed by atoms with Gasteiger partial charge in [0.1, 0.15) is 19.3 Å². The molecule has 9 heteroatoms. The van der Waals surface area contributed by atoms with Crippen LogP contribution in [0.2, 0.25) is 0 Å². The number of phosphoric ester groups is 1. The predicted molar refractivity (Wildman–Crippen MR) is 252 cm³/mol. The monoisotopic (exact) mass is 859 g/mol. The molecule has 0 aromatic carbocycles. The molecule has 0 fully saturated rings. The molecule has 0 heterocycles. The fourth-order valence-corrected chi connectivity index (χ4v) is 8.11. The lowest BCUT2D eigenvalue weighted by atomic mass is 10.0. The van der Waals surface area contributed by atoms with Crippen LogP contribution in [0.3, 0.4) is 0 Å². The van der Waals surface area contributed by atoms with Crippen LogP contribution >= 0.6 is 7.82 Å². The van der Waals surface area contributed by atoms with Crippen molar-refractivity contribution in [1.82, 2.24) is 0 Å². The van der Waals surface area contributed by atoms with E-state index in [4.69, 9.17) is 18.5 Å². The number of quaternary nitrogens is 1. The molecule has 352 valence electrons. The Hall–Kier alpha value is -0.760. The van der Waals surface area contributed by atoms with E-state index in [0.717, 1.165) is 32.1 Å². The zero-order valence-electron chi connectivity index (χ0n) is 40.0. The molecule has 0 saturated heterocycles. The summed E-state index contributed by atoms with van der Waals surface area (Å²) in [7, 11) is 1.68. The van der Waals surface area contributed by atoms with Gasteiger partial charge in [-0.25, -0.2) is 4.57 Å². The first-order valence-electron chi connectivity index (χ1n) is 25.4. The first kappa shape index (κ1) is 58.2. The van der Waals surface area contributed by atoms with E-state index >= 15 is 0 Å². The second kappa shape index (κ2) is 43.9. The first-order chi connectivity index (χ1) is 28.6. The molecular weight excluding hydrogens is 758 g/mol. The van der Waals surface area contributed by atoms with Crippen molar-refractivity contribution in [2.45, 2.75) is 251 Å². The minimum atomic E-state index is -4.27. The molecule has 2 atom stereocenters. The Kier molecular flexibility index (Phi) is 43.3. The molecule has 0 aliphatic carbocycles. The van der Waals surface area contributed by atoms with Crippen LogP contribution in [0.25, 0.3) is 0 Å². The van der Waals surface area contributed by atoms with Gasteiger partial charge in [-0.1, -0.05) is 212 Å². The summed E-state index contributed by atoms with van der Waals surface area (Å²) in [6.07, 6.45) is 49.6. The summed E-state index contributed by atoms with van der Waals surface area (Å²) in [6, 6.07) is 0. The van der Waals surface area contributed by atoms with E-state index in [1.807, 2.05) is 21.1 Å². The van der Waals surface area contributed by atoms with E-state index in [1.54, 1.807) is 0 Å². The summed E-state index contributed by atoms with van der Waals surface area (Å²) < 4.78 is 35.2. The van der Waals surface area contributed by atoms with E-state index in [1.165, 1.54) is 193 Å². The predicted octanol–water partition coefficient (Wildman–Crippen LogP) is 15.4. The fraction of sp³-hybridized carbons (Fsp3) is 0.940. The van der Waals surface area contributed by atoms with Gasteiger partial charge in [0.25, 0.3) is 0 Å². The molecule has 1 N–H and O–H groups in total. The molecule has 0 aromatic rings. The Morgan fingerprint density at radius 2 is 0.881 bits per heavy atom. The molecule has 59 heavy (non-hydrogen) atoms. The Balaban J connectivity index is 4.12. The van der Waals surface area contributed by atoms with Crippen LogP contribution in [0, 0.1) is 0 Å². The van der Waals surface area contributed by atoms with Crippen LogP contribution in [0.1, 0.15) is 245 Å². The minimum absolute atomic E-state index is 0.0919. The second-order valence-electron chi connectivity index (χ2n) is 18.6. The molecule has 0 bridgehead atoms. The van der Waals surface area contributed by atoms with E-state index in [2.05, 4.69) is 26.0 Å².